The molecule has 10 heteroatoms. The maximum atomic E-state index is 13.4. The van der Waals surface area contributed by atoms with Crippen molar-refractivity contribution in [1.82, 2.24) is 10.2 Å². The highest BCUT2D eigenvalue weighted by atomic mass is 32.2. The van der Waals surface area contributed by atoms with Gasteiger partial charge in [0, 0.05) is 24.7 Å². The molecule has 3 N–H and O–H groups in total. The molecule has 0 bridgehead atoms. The molecule has 0 spiro atoms. The molecule has 0 aromatic heterocycles. The molecule has 0 aliphatic carbocycles. The van der Waals surface area contributed by atoms with Crippen LogP contribution in [0.15, 0.2) is 47.4 Å². The van der Waals surface area contributed by atoms with Crippen LogP contribution in [0, 0.1) is 5.92 Å². The lowest BCUT2D eigenvalue weighted by Gasteiger charge is -2.37. The van der Waals surface area contributed by atoms with Crippen molar-refractivity contribution in [2.24, 2.45) is 5.92 Å². The Labute approximate surface area is 194 Å². The summed E-state index contributed by atoms with van der Waals surface area (Å²) in [7, 11) is -0.556. The van der Waals surface area contributed by atoms with Crippen LogP contribution < -0.4 is 19.5 Å². The molecule has 0 unspecified atom stereocenters. The molecule has 1 heterocycles. The fraction of sp³-hybridized carbons (Fsp3) is 0.435. The van der Waals surface area contributed by atoms with Crippen molar-refractivity contribution in [2.45, 2.75) is 30.9 Å². The van der Waals surface area contributed by atoms with Gasteiger partial charge in [-0.1, -0.05) is 6.92 Å². The van der Waals surface area contributed by atoms with Gasteiger partial charge in [0.05, 0.1) is 30.2 Å². The zero-order chi connectivity index (χ0) is 24.2. The van der Waals surface area contributed by atoms with E-state index in [0.717, 1.165) is 0 Å². The summed E-state index contributed by atoms with van der Waals surface area (Å²) < 4.78 is 39.5. The van der Waals surface area contributed by atoms with E-state index in [4.69, 9.17) is 9.47 Å². The maximum Gasteiger partial charge on any atom is 0.261 e. The Balaban J connectivity index is 1.97. The van der Waals surface area contributed by atoms with Crippen molar-refractivity contribution in [3.63, 3.8) is 0 Å². The monoisotopic (exact) mass is 477 g/mol. The Kier molecular flexibility index (Phi) is 7.83. The number of aliphatic hydroxyl groups excluding tert-OH is 1. The third-order valence-corrected chi connectivity index (χ3v) is 7.09. The van der Waals surface area contributed by atoms with E-state index in [0.29, 0.717) is 24.6 Å². The van der Waals surface area contributed by atoms with E-state index in [1.807, 2.05) is 14.0 Å². The fourth-order valence-corrected chi connectivity index (χ4v) is 4.75. The molecule has 9 nitrogen and oxygen atoms in total. The van der Waals surface area contributed by atoms with Crippen molar-refractivity contribution in [1.29, 1.82) is 0 Å². The molecule has 0 saturated carbocycles. The molecule has 33 heavy (non-hydrogen) atoms. The Morgan fingerprint density at radius 1 is 1.24 bits per heavy atom. The average molecular weight is 478 g/mol. The lowest BCUT2D eigenvalue weighted by molar-refractivity contribution is 0.0416. The van der Waals surface area contributed by atoms with Gasteiger partial charge in [-0.3, -0.25) is 9.52 Å². The highest BCUT2D eigenvalue weighted by Crippen LogP contribution is 2.31. The minimum absolute atomic E-state index is 0.0109. The van der Waals surface area contributed by atoms with Gasteiger partial charge in [-0.15, -0.1) is 0 Å². The third kappa shape index (κ3) is 5.58. The highest BCUT2D eigenvalue weighted by molar-refractivity contribution is 7.92. The number of sulfonamides is 1. The van der Waals surface area contributed by atoms with Crippen molar-refractivity contribution in [2.75, 3.05) is 38.6 Å². The Morgan fingerprint density at radius 3 is 2.55 bits per heavy atom. The molecule has 1 amide bonds. The van der Waals surface area contributed by atoms with Crippen molar-refractivity contribution in [3.05, 3.63) is 48.0 Å². The first kappa shape index (κ1) is 24.8. The minimum atomic E-state index is -3.88. The predicted molar refractivity (Wildman–Crippen MR) is 125 cm³/mol. The fourth-order valence-electron chi connectivity index (χ4n) is 3.70. The van der Waals surface area contributed by atoms with E-state index in [2.05, 4.69) is 10.0 Å². The molecule has 3 rings (SSSR count). The summed E-state index contributed by atoms with van der Waals surface area (Å²) in [6.45, 7) is 4.55. The van der Waals surface area contributed by atoms with E-state index in [1.54, 1.807) is 36.1 Å². The van der Waals surface area contributed by atoms with Crippen LogP contribution in [0.25, 0.3) is 0 Å². The van der Waals surface area contributed by atoms with Crippen LogP contribution >= 0.6 is 0 Å². The second kappa shape index (κ2) is 10.4. The van der Waals surface area contributed by atoms with Gasteiger partial charge in [0.15, 0.2) is 0 Å². The summed E-state index contributed by atoms with van der Waals surface area (Å²) in [5.74, 6) is 0.596. The number of hydrogen-bond acceptors (Lipinski definition) is 7. The summed E-state index contributed by atoms with van der Waals surface area (Å²) in [6.07, 6.45) is -0.211. The number of carbonyl (C=O) groups is 1. The Bertz CT molecular complexity index is 1070. The predicted octanol–water partition coefficient (Wildman–Crippen LogP) is 1.94. The van der Waals surface area contributed by atoms with Gasteiger partial charge in [0.1, 0.15) is 17.6 Å². The SMILES string of the molecule is CNC[C@@H]1Oc2ccc(NS(=O)(=O)c3ccc(OC)cc3)cc2C(=O)N([C@H](C)CO)C[C@@H]1C. The van der Waals surface area contributed by atoms with Crippen LogP contribution in [-0.2, 0) is 10.0 Å². The van der Waals surface area contributed by atoms with Gasteiger partial charge in [0.25, 0.3) is 15.9 Å². The van der Waals surface area contributed by atoms with Crippen LogP contribution in [-0.4, -0.2) is 70.3 Å². The summed E-state index contributed by atoms with van der Waals surface area (Å²) in [6, 6.07) is 10.2. The molecular formula is C23H31N3O6S. The molecule has 3 atom stereocenters. The van der Waals surface area contributed by atoms with E-state index < -0.39 is 16.1 Å². The summed E-state index contributed by atoms with van der Waals surface area (Å²) in [5, 5.41) is 12.8. The number of aliphatic hydroxyl groups is 1. The summed E-state index contributed by atoms with van der Waals surface area (Å²) in [4.78, 5) is 15.1. The zero-order valence-corrected chi connectivity index (χ0v) is 20.1. The minimum Gasteiger partial charge on any atom is -0.497 e. The summed E-state index contributed by atoms with van der Waals surface area (Å²) in [5.41, 5.74) is 0.468. The number of benzene rings is 2. The molecular weight excluding hydrogens is 446 g/mol. The van der Waals surface area contributed by atoms with Crippen LogP contribution in [0.1, 0.15) is 24.2 Å². The number of likely N-dealkylation sites (N-methyl/N-ethyl adjacent to an activating group) is 1. The first-order valence-corrected chi connectivity index (χ1v) is 12.2. The number of ether oxygens (including phenoxy) is 2. The number of amides is 1. The molecule has 0 fully saturated rings. The Morgan fingerprint density at radius 2 is 1.94 bits per heavy atom. The van der Waals surface area contributed by atoms with Gasteiger partial charge in [-0.2, -0.15) is 0 Å². The van der Waals surface area contributed by atoms with Gasteiger partial charge >= 0.3 is 0 Å². The van der Waals surface area contributed by atoms with Crippen molar-refractivity contribution >= 4 is 21.6 Å². The normalized spacial score (nSPS) is 19.7. The van der Waals surface area contributed by atoms with Crippen molar-refractivity contribution in [3.8, 4) is 11.5 Å². The van der Waals surface area contributed by atoms with E-state index >= 15 is 0 Å². The Hall–Kier alpha value is -2.82. The second-order valence-electron chi connectivity index (χ2n) is 8.17. The van der Waals surface area contributed by atoms with Crippen LogP contribution in [0.5, 0.6) is 11.5 Å². The second-order valence-corrected chi connectivity index (χ2v) is 9.85. The number of anilines is 1. The number of methoxy groups -OCH3 is 1. The third-order valence-electron chi connectivity index (χ3n) is 5.69. The standard InChI is InChI=1S/C23H31N3O6S/c1-15-13-26(16(2)14-27)23(28)20-11-17(5-10-21(20)32-22(15)12-24-3)25-33(29,30)19-8-6-18(31-4)7-9-19/h5-11,15-16,22,24-25,27H,12-14H2,1-4H3/t15-,16+,22-/m0/s1. The quantitative estimate of drug-likeness (QED) is 0.532. The molecule has 2 aromatic carbocycles. The van der Waals surface area contributed by atoms with Crippen LogP contribution in [0.2, 0.25) is 0 Å². The highest BCUT2D eigenvalue weighted by Gasteiger charge is 2.33. The van der Waals surface area contributed by atoms with E-state index in [9.17, 15) is 18.3 Å². The smallest absolute Gasteiger partial charge is 0.261 e. The number of hydrogen-bond donors (Lipinski definition) is 3. The number of nitrogens with one attached hydrogen (secondary N) is 2. The zero-order valence-electron chi connectivity index (χ0n) is 19.2. The molecule has 1 aliphatic heterocycles. The van der Waals surface area contributed by atoms with Crippen LogP contribution in [0.3, 0.4) is 0 Å². The van der Waals surface area contributed by atoms with Crippen LogP contribution in [0.4, 0.5) is 5.69 Å². The van der Waals surface area contributed by atoms with Gasteiger partial charge in [-0.25, -0.2) is 8.42 Å². The van der Waals surface area contributed by atoms with Crippen molar-refractivity contribution < 1.29 is 27.8 Å². The first-order valence-electron chi connectivity index (χ1n) is 10.7. The number of carbonyl (C=O) groups excluding carboxylic acids is 1. The number of rotatable bonds is 8. The lowest BCUT2D eigenvalue weighted by Crippen LogP contribution is -2.49. The van der Waals surface area contributed by atoms with Gasteiger partial charge in [-0.05, 0) is 56.4 Å². The summed E-state index contributed by atoms with van der Waals surface area (Å²) >= 11 is 0. The average Bonchev–Trinajstić information content (AvgIpc) is 2.81. The molecule has 2 aromatic rings. The number of fused-ring (bicyclic) bond motifs is 1. The van der Waals surface area contributed by atoms with E-state index in [1.165, 1.54) is 25.3 Å². The topological polar surface area (TPSA) is 117 Å². The molecule has 0 saturated heterocycles. The molecule has 0 radical (unpaired) electrons. The molecule has 180 valence electrons. The van der Waals surface area contributed by atoms with E-state index in [-0.39, 0.29) is 40.7 Å². The first-order chi connectivity index (χ1) is 15.7. The largest absolute Gasteiger partial charge is 0.497 e. The molecule has 1 aliphatic rings. The number of nitrogens with zero attached hydrogens (tertiary/aromatic N) is 1. The maximum absolute atomic E-state index is 13.4. The lowest BCUT2D eigenvalue weighted by atomic mass is 9.99. The van der Waals surface area contributed by atoms with Gasteiger partial charge < -0.3 is 24.8 Å². The van der Waals surface area contributed by atoms with Gasteiger partial charge in [0.2, 0.25) is 0 Å².